The molecular formula is C20H30O3. The Labute approximate surface area is 139 Å². The molecule has 0 saturated heterocycles. The molecule has 0 aromatic rings. The van der Waals surface area contributed by atoms with E-state index in [1.54, 1.807) is 0 Å². The van der Waals surface area contributed by atoms with Gasteiger partial charge in [0.1, 0.15) is 5.78 Å². The Morgan fingerprint density at radius 2 is 1.74 bits per heavy atom. The van der Waals surface area contributed by atoms with Crippen LogP contribution in [0.4, 0.5) is 0 Å². The number of hydrogen-bond acceptors (Lipinski definition) is 2. The largest absolute Gasteiger partial charge is 0.481 e. The van der Waals surface area contributed by atoms with Gasteiger partial charge in [-0.1, -0.05) is 20.3 Å². The summed E-state index contributed by atoms with van der Waals surface area (Å²) in [7, 11) is 0. The summed E-state index contributed by atoms with van der Waals surface area (Å²) in [5.74, 6) is 0.704. The van der Waals surface area contributed by atoms with Crippen LogP contribution in [-0.2, 0) is 9.59 Å². The zero-order valence-corrected chi connectivity index (χ0v) is 14.8. The minimum atomic E-state index is -0.604. The van der Waals surface area contributed by atoms with Gasteiger partial charge in [-0.2, -0.15) is 0 Å². The Balaban J connectivity index is 1.76. The molecule has 4 fully saturated rings. The SMILES string of the molecule is CC1(C(=O)O)CCC[C@@]2(C)[C@H]1CC[C@@]13CC(=O)[C@](C)(CC[C@@H]12)C3. The minimum Gasteiger partial charge on any atom is -0.481 e. The number of carboxylic acid groups (broad SMARTS) is 1. The first-order valence-electron chi connectivity index (χ1n) is 9.43. The number of fused-ring (bicyclic) bond motifs is 3. The third-order valence-electron chi connectivity index (χ3n) is 8.84. The molecule has 1 N–H and O–H groups in total. The van der Waals surface area contributed by atoms with E-state index < -0.39 is 11.4 Å². The fraction of sp³-hybridized carbons (Fsp3) is 0.900. The second-order valence-electron chi connectivity index (χ2n) is 9.96. The van der Waals surface area contributed by atoms with Crippen molar-refractivity contribution in [3.8, 4) is 0 Å². The number of aliphatic carboxylic acids is 1. The number of ketones is 1. The number of rotatable bonds is 1. The number of carboxylic acids is 1. The third-order valence-corrected chi connectivity index (χ3v) is 8.84. The van der Waals surface area contributed by atoms with Crippen molar-refractivity contribution >= 4 is 11.8 Å². The number of hydrogen-bond donors (Lipinski definition) is 1. The number of Topliss-reactive ketones (excluding diaryl/α,β-unsaturated/α-hetero) is 1. The van der Waals surface area contributed by atoms with Crippen LogP contribution >= 0.6 is 0 Å². The van der Waals surface area contributed by atoms with E-state index in [9.17, 15) is 14.7 Å². The van der Waals surface area contributed by atoms with Gasteiger partial charge in [-0.05, 0) is 74.5 Å². The van der Waals surface area contributed by atoms with Crippen molar-refractivity contribution in [2.45, 2.75) is 78.6 Å². The molecule has 0 radical (unpaired) electrons. The molecule has 2 bridgehead atoms. The highest BCUT2D eigenvalue weighted by atomic mass is 16.4. The predicted molar refractivity (Wildman–Crippen MR) is 87.9 cm³/mol. The van der Waals surface area contributed by atoms with Crippen molar-refractivity contribution in [2.75, 3.05) is 0 Å². The standard InChI is InChI=1S/C20H30O3/c1-17-9-5-14-18(2)7-4-8-19(3,16(22)23)13(18)6-10-20(14,12-17)11-15(17)21/h13-14H,4-12H2,1-3H3,(H,22,23)/t13-,14-,17-,18+,19?,20+/m1/s1. The van der Waals surface area contributed by atoms with Crippen LogP contribution in [0.3, 0.4) is 0 Å². The molecule has 23 heavy (non-hydrogen) atoms. The number of carbonyl (C=O) groups is 2. The van der Waals surface area contributed by atoms with Crippen molar-refractivity contribution in [2.24, 2.45) is 33.5 Å². The molecule has 0 aromatic carbocycles. The van der Waals surface area contributed by atoms with Crippen LogP contribution in [0.25, 0.3) is 0 Å². The highest BCUT2D eigenvalue weighted by Crippen LogP contribution is 2.72. The van der Waals surface area contributed by atoms with Crippen LogP contribution in [0.15, 0.2) is 0 Å². The monoisotopic (exact) mass is 318 g/mol. The second-order valence-corrected chi connectivity index (χ2v) is 9.96. The van der Waals surface area contributed by atoms with Gasteiger partial charge in [-0.25, -0.2) is 0 Å². The van der Waals surface area contributed by atoms with Crippen molar-refractivity contribution in [3.05, 3.63) is 0 Å². The summed E-state index contributed by atoms with van der Waals surface area (Å²) in [4.78, 5) is 24.7. The lowest BCUT2D eigenvalue weighted by molar-refractivity contribution is -0.182. The molecule has 4 rings (SSSR count). The molecule has 3 heteroatoms. The summed E-state index contributed by atoms with van der Waals surface area (Å²) in [5, 5.41) is 9.91. The van der Waals surface area contributed by atoms with E-state index >= 15 is 0 Å². The lowest BCUT2D eigenvalue weighted by Crippen LogP contribution is -2.58. The lowest BCUT2D eigenvalue weighted by Gasteiger charge is -2.63. The first-order valence-corrected chi connectivity index (χ1v) is 9.43. The summed E-state index contributed by atoms with van der Waals surface area (Å²) in [6.07, 6.45) is 9.04. The molecule has 4 aliphatic carbocycles. The maximum atomic E-state index is 12.6. The van der Waals surface area contributed by atoms with E-state index in [1.165, 1.54) is 0 Å². The van der Waals surface area contributed by atoms with E-state index in [0.717, 1.165) is 57.8 Å². The molecule has 128 valence electrons. The van der Waals surface area contributed by atoms with Crippen molar-refractivity contribution in [3.63, 3.8) is 0 Å². The summed E-state index contributed by atoms with van der Waals surface area (Å²) in [6.45, 7) is 6.54. The minimum absolute atomic E-state index is 0.0789. The average Bonchev–Trinajstić information content (AvgIpc) is 2.63. The van der Waals surface area contributed by atoms with E-state index in [-0.39, 0.29) is 22.2 Å². The van der Waals surface area contributed by atoms with Crippen LogP contribution in [-0.4, -0.2) is 16.9 Å². The topological polar surface area (TPSA) is 54.4 Å². The Bertz CT molecular complexity index is 583. The highest BCUT2D eigenvalue weighted by Gasteiger charge is 2.68. The predicted octanol–water partition coefficient (Wildman–Crippen LogP) is 4.44. The van der Waals surface area contributed by atoms with Crippen LogP contribution in [0.2, 0.25) is 0 Å². The summed E-state index contributed by atoms with van der Waals surface area (Å²) < 4.78 is 0. The molecule has 1 unspecified atom stereocenters. The van der Waals surface area contributed by atoms with Crippen LogP contribution in [0.5, 0.6) is 0 Å². The van der Waals surface area contributed by atoms with Gasteiger partial charge < -0.3 is 5.11 Å². The summed E-state index contributed by atoms with van der Waals surface area (Å²) in [5.41, 5.74) is -0.357. The van der Waals surface area contributed by atoms with E-state index in [1.807, 2.05) is 6.92 Å². The fourth-order valence-electron chi connectivity index (χ4n) is 7.76. The fourth-order valence-corrected chi connectivity index (χ4v) is 7.76. The van der Waals surface area contributed by atoms with Gasteiger partial charge in [0, 0.05) is 11.8 Å². The zero-order chi connectivity index (χ0) is 16.7. The zero-order valence-electron chi connectivity index (χ0n) is 14.8. The van der Waals surface area contributed by atoms with Gasteiger partial charge in [-0.15, -0.1) is 0 Å². The second kappa shape index (κ2) is 4.40. The Hall–Kier alpha value is -0.860. The molecule has 1 spiro atoms. The highest BCUT2D eigenvalue weighted by molar-refractivity contribution is 5.88. The van der Waals surface area contributed by atoms with Gasteiger partial charge in [0.15, 0.2) is 0 Å². The first-order chi connectivity index (χ1) is 10.7. The molecule has 0 amide bonds. The summed E-state index contributed by atoms with van der Waals surface area (Å²) in [6, 6.07) is 0. The molecule has 0 aromatic heterocycles. The Morgan fingerprint density at radius 1 is 1.04 bits per heavy atom. The molecule has 0 heterocycles. The van der Waals surface area contributed by atoms with Gasteiger partial charge in [0.05, 0.1) is 5.41 Å². The normalized spacial score (nSPS) is 55.2. The molecule has 6 atom stereocenters. The lowest BCUT2D eigenvalue weighted by atomic mass is 9.40. The van der Waals surface area contributed by atoms with E-state index in [0.29, 0.717) is 11.7 Å². The average molecular weight is 318 g/mol. The molecule has 4 aliphatic rings. The Morgan fingerprint density at radius 3 is 2.43 bits per heavy atom. The molecular weight excluding hydrogens is 288 g/mol. The van der Waals surface area contributed by atoms with Gasteiger partial charge >= 0.3 is 5.97 Å². The van der Waals surface area contributed by atoms with Crippen molar-refractivity contribution in [1.29, 1.82) is 0 Å². The van der Waals surface area contributed by atoms with Gasteiger partial charge in [-0.3, -0.25) is 9.59 Å². The van der Waals surface area contributed by atoms with E-state index in [4.69, 9.17) is 0 Å². The van der Waals surface area contributed by atoms with Crippen LogP contribution in [0.1, 0.15) is 78.6 Å². The van der Waals surface area contributed by atoms with Crippen molar-refractivity contribution in [1.82, 2.24) is 0 Å². The number of carbonyl (C=O) groups excluding carboxylic acids is 1. The summed E-state index contributed by atoms with van der Waals surface area (Å²) >= 11 is 0. The smallest absolute Gasteiger partial charge is 0.309 e. The molecule has 3 nitrogen and oxygen atoms in total. The quantitative estimate of drug-likeness (QED) is 0.777. The molecule has 0 aliphatic heterocycles. The van der Waals surface area contributed by atoms with Gasteiger partial charge in [0.2, 0.25) is 0 Å². The molecule has 4 saturated carbocycles. The van der Waals surface area contributed by atoms with Crippen LogP contribution in [0, 0.1) is 33.5 Å². The maximum Gasteiger partial charge on any atom is 0.309 e. The van der Waals surface area contributed by atoms with Crippen LogP contribution < -0.4 is 0 Å². The van der Waals surface area contributed by atoms with Gasteiger partial charge in [0.25, 0.3) is 0 Å². The Kier molecular flexibility index (Phi) is 3.00. The van der Waals surface area contributed by atoms with E-state index in [2.05, 4.69) is 13.8 Å². The third kappa shape index (κ3) is 1.77. The maximum absolute atomic E-state index is 12.6. The van der Waals surface area contributed by atoms with Crippen molar-refractivity contribution < 1.29 is 14.7 Å². The first kappa shape index (κ1) is 15.7.